The van der Waals surface area contributed by atoms with Crippen molar-refractivity contribution in [2.75, 3.05) is 6.61 Å². The molecule has 0 fully saturated rings. The van der Waals surface area contributed by atoms with Crippen molar-refractivity contribution in [2.45, 2.75) is 26.7 Å². The van der Waals surface area contributed by atoms with Gasteiger partial charge < -0.3 is 4.74 Å². The van der Waals surface area contributed by atoms with Crippen molar-refractivity contribution in [3.05, 3.63) is 40.4 Å². The molecule has 19 heavy (non-hydrogen) atoms. The van der Waals surface area contributed by atoms with Gasteiger partial charge in [0.05, 0.1) is 17.9 Å². The molecular weight excluding hydrogens is 260 g/mol. The number of carbonyl (C=O) groups excluding carboxylic acids is 1. The molecule has 5 heteroatoms. The summed E-state index contributed by atoms with van der Waals surface area (Å²) in [7, 11) is 0. The fraction of sp³-hybridized carbons (Fsp3) is 0.357. The predicted molar refractivity (Wildman–Crippen MR) is 74.9 cm³/mol. The highest BCUT2D eigenvalue weighted by molar-refractivity contribution is 7.08. The zero-order valence-electron chi connectivity index (χ0n) is 11.0. The number of aryl methyl sites for hydroxylation is 1. The molecule has 0 bridgehead atoms. The van der Waals surface area contributed by atoms with Crippen LogP contribution in [0.3, 0.4) is 0 Å². The second-order valence-corrected chi connectivity index (χ2v) is 4.83. The number of nitrogens with zero attached hydrogens (tertiary/aromatic N) is 2. The highest BCUT2D eigenvalue weighted by Crippen LogP contribution is 2.24. The van der Waals surface area contributed by atoms with Gasteiger partial charge in [-0.25, -0.2) is 0 Å². The van der Waals surface area contributed by atoms with Gasteiger partial charge in [-0.3, -0.25) is 4.79 Å². The van der Waals surface area contributed by atoms with Crippen LogP contribution in [0.2, 0.25) is 0 Å². The molecule has 0 spiro atoms. The van der Waals surface area contributed by atoms with Crippen LogP contribution in [0, 0.1) is 0 Å². The number of rotatable bonds is 6. The highest BCUT2D eigenvalue weighted by atomic mass is 32.1. The largest absolute Gasteiger partial charge is 0.493 e. The van der Waals surface area contributed by atoms with Crippen molar-refractivity contribution in [3.8, 4) is 5.75 Å². The minimum Gasteiger partial charge on any atom is -0.493 e. The van der Waals surface area contributed by atoms with E-state index < -0.39 is 0 Å². The zero-order chi connectivity index (χ0) is 13.7. The molecule has 100 valence electrons. The van der Waals surface area contributed by atoms with Crippen LogP contribution in [0.15, 0.2) is 24.3 Å². The number of hydrogen-bond donors (Lipinski definition) is 0. The third-order valence-corrected chi connectivity index (χ3v) is 3.46. The molecular formula is C14H16N2O2S. The van der Waals surface area contributed by atoms with Crippen LogP contribution in [0.5, 0.6) is 5.75 Å². The van der Waals surface area contributed by atoms with Gasteiger partial charge in [0.2, 0.25) is 5.78 Å². The molecule has 0 aliphatic carbocycles. The van der Waals surface area contributed by atoms with Crippen molar-refractivity contribution in [3.63, 3.8) is 0 Å². The van der Waals surface area contributed by atoms with E-state index in [1.54, 1.807) is 6.07 Å². The lowest BCUT2D eigenvalue weighted by molar-refractivity contribution is 0.103. The van der Waals surface area contributed by atoms with Gasteiger partial charge in [0.25, 0.3) is 0 Å². The Labute approximate surface area is 116 Å². The molecule has 0 N–H and O–H groups in total. The molecule has 0 radical (unpaired) electrons. The van der Waals surface area contributed by atoms with Crippen molar-refractivity contribution in [1.82, 2.24) is 9.59 Å². The molecule has 0 unspecified atom stereocenters. The summed E-state index contributed by atoms with van der Waals surface area (Å²) in [6.45, 7) is 4.60. The van der Waals surface area contributed by atoms with E-state index in [1.807, 2.05) is 32.0 Å². The van der Waals surface area contributed by atoms with E-state index in [0.717, 1.165) is 23.6 Å². The summed E-state index contributed by atoms with van der Waals surface area (Å²) < 4.78 is 9.48. The van der Waals surface area contributed by atoms with Gasteiger partial charge in [-0.05, 0) is 36.5 Å². The maximum Gasteiger partial charge on any atom is 0.210 e. The summed E-state index contributed by atoms with van der Waals surface area (Å²) in [5.41, 5.74) is 1.33. The molecule has 0 saturated carbocycles. The first-order valence-electron chi connectivity index (χ1n) is 6.35. The molecule has 0 aliphatic rings. The lowest BCUT2D eigenvalue weighted by atomic mass is 10.1. The fourth-order valence-corrected chi connectivity index (χ4v) is 2.43. The summed E-state index contributed by atoms with van der Waals surface area (Å²) in [5.74, 6) is 0.573. The minimum atomic E-state index is -0.0569. The van der Waals surface area contributed by atoms with Crippen LogP contribution < -0.4 is 4.74 Å². The topological polar surface area (TPSA) is 52.1 Å². The number of para-hydroxylation sites is 1. The van der Waals surface area contributed by atoms with E-state index in [4.69, 9.17) is 4.74 Å². The van der Waals surface area contributed by atoms with Crippen molar-refractivity contribution in [1.29, 1.82) is 0 Å². The maximum absolute atomic E-state index is 12.5. The lowest BCUT2D eigenvalue weighted by Gasteiger charge is -2.09. The first-order valence-corrected chi connectivity index (χ1v) is 7.13. The smallest absolute Gasteiger partial charge is 0.210 e. The normalized spacial score (nSPS) is 10.4. The molecule has 2 aromatic rings. The van der Waals surface area contributed by atoms with E-state index in [2.05, 4.69) is 9.59 Å². The van der Waals surface area contributed by atoms with Crippen molar-refractivity contribution in [2.24, 2.45) is 0 Å². The Morgan fingerprint density at radius 1 is 1.32 bits per heavy atom. The summed E-state index contributed by atoms with van der Waals surface area (Å²) in [6, 6.07) is 7.31. The van der Waals surface area contributed by atoms with E-state index >= 15 is 0 Å². The first kappa shape index (κ1) is 13.7. The molecule has 1 aromatic carbocycles. The number of hydrogen-bond acceptors (Lipinski definition) is 5. The average Bonchev–Trinajstić information content (AvgIpc) is 2.93. The van der Waals surface area contributed by atoms with Gasteiger partial charge in [0, 0.05) is 0 Å². The van der Waals surface area contributed by atoms with Gasteiger partial charge in [-0.1, -0.05) is 30.5 Å². The van der Waals surface area contributed by atoms with Crippen LogP contribution in [0.4, 0.5) is 0 Å². The van der Waals surface area contributed by atoms with Gasteiger partial charge in [-0.2, -0.15) is 0 Å². The first-order chi connectivity index (χ1) is 9.27. The average molecular weight is 276 g/mol. The Morgan fingerprint density at radius 3 is 2.84 bits per heavy atom. The van der Waals surface area contributed by atoms with E-state index in [0.29, 0.717) is 29.2 Å². The quantitative estimate of drug-likeness (QED) is 0.761. The Morgan fingerprint density at radius 2 is 2.11 bits per heavy atom. The number of carbonyl (C=O) groups is 1. The minimum absolute atomic E-state index is 0.0569. The maximum atomic E-state index is 12.5. The Balaban J connectivity index is 2.33. The molecule has 2 rings (SSSR count). The summed E-state index contributed by atoms with van der Waals surface area (Å²) in [4.78, 5) is 13.1. The van der Waals surface area contributed by atoms with E-state index in [1.165, 1.54) is 0 Å². The van der Waals surface area contributed by atoms with Crippen LogP contribution >= 0.6 is 11.5 Å². The molecule has 0 aliphatic heterocycles. The molecule has 4 nitrogen and oxygen atoms in total. The van der Waals surface area contributed by atoms with Gasteiger partial charge in [0.15, 0.2) is 0 Å². The Bertz CT molecular complexity index is 566. The molecule has 1 aromatic heterocycles. The number of benzene rings is 1. The van der Waals surface area contributed by atoms with Crippen LogP contribution in [0.25, 0.3) is 0 Å². The van der Waals surface area contributed by atoms with E-state index in [-0.39, 0.29) is 5.78 Å². The second kappa shape index (κ2) is 6.43. The number of ether oxygens (including phenoxy) is 1. The van der Waals surface area contributed by atoms with Crippen LogP contribution in [-0.2, 0) is 6.42 Å². The molecule has 0 saturated heterocycles. The molecule has 0 atom stereocenters. The summed E-state index contributed by atoms with van der Waals surface area (Å²) >= 11 is 1.14. The highest BCUT2D eigenvalue weighted by Gasteiger charge is 2.20. The Hall–Kier alpha value is -1.75. The van der Waals surface area contributed by atoms with E-state index in [9.17, 15) is 4.79 Å². The third-order valence-electron chi connectivity index (χ3n) is 2.69. The van der Waals surface area contributed by atoms with Gasteiger partial charge in [0.1, 0.15) is 10.6 Å². The lowest BCUT2D eigenvalue weighted by Crippen LogP contribution is -2.06. The van der Waals surface area contributed by atoms with Crippen molar-refractivity contribution >= 4 is 17.3 Å². The third kappa shape index (κ3) is 2.98. The Kier molecular flexibility index (Phi) is 4.63. The summed E-state index contributed by atoms with van der Waals surface area (Å²) in [5, 5.41) is 3.98. The van der Waals surface area contributed by atoms with Gasteiger partial charge >= 0.3 is 0 Å². The number of ketones is 1. The summed E-state index contributed by atoms with van der Waals surface area (Å²) in [6.07, 6.45) is 1.61. The fourth-order valence-electron chi connectivity index (χ4n) is 1.73. The monoisotopic (exact) mass is 276 g/mol. The predicted octanol–water partition coefficient (Wildman–Crippen LogP) is 3.12. The molecule has 1 heterocycles. The standard InChI is InChI=1S/C14H16N2O2S/c1-3-9-18-12-8-6-5-7-10(12)13(17)14-11(4-2)15-16-19-14/h5-8H,3-4,9H2,1-2H3. The SMILES string of the molecule is CCCOc1ccccc1C(=O)c1snnc1CC. The van der Waals surface area contributed by atoms with Gasteiger partial charge in [-0.15, -0.1) is 5.10 Å². The number of aromatic nitrogens is 2. The van der Waals surface area contributed by atoms with Crippen LogP contribution in [-0.4, -0.2) is 22.0 Å². The molecule has 0 amide bonds. The van der Waals surface area contributed by atoms with Crippen molar-refractivity contribution < 1.29 is 9.53 Å². The second-order valence-electron chi connectivity index (χ2n) is 4.08. The zero-order valence-corrected chi connectivity index (χ0v) is 11.9. The van der Waals surface area contributed by atoms with Crippen LogP contribution in [0.1, 0.15) is 41.2 Å².